The molecule has 5 rings (SSSR count). The first-order valence-electron chi connectivity index (χ1n) is 11.1. The molecule has 0 unspecified atom stereocenters. The van der Waals surface area contributed by atoms with Gasteiger partial charge < -0.3 is 24.5 Å². The van der Waals surface area contributed by atoms with Crippen molar-refractivity contribution in [3.8, 4) is 17.3 Å². The third-order valence-corrected chi connectivity index (χ3v) is 6.13. The van der Waals surface area contributed by atoms with Gasteiger partial charge in [0, 0.05) is 56.2 Å². The summed E-state index contributed by atoms with van der Waals surface area (Å²) in [5, 5.41) is 18.0. The minimum absolute atomic E-state index is 0.169. The molecule has 0 aliphatic carbocycles. The number of amides is 1. The van der Waals surface area contributed by atoms with Gasteiger partial charge in [-0.3, -0.25) is 9.48 Å². The number of pyridine rings is 1. The highest BCUT2D eigenvalue weighted by atomic mass is 16.5. The van der Waals surface area contributed by atoms with Gasteiger partial charge in [-0.25, -0.2) is 9.97 Å². The lowest BCUT2D eigenvalue weighted by atomic mass is 9.97. The van der Waals surface area contributed by atoms with Crippen molar-refractivity contribution in [2.75, 3.05) is 37.0 Å². The highest BCUT2D eigenvalue weighted by Gasteiger charge is 2.23. The molecule has 1 fully saturated rings. The molecule has 1 saturated heterocycles. The first kappa shape index (κ1) is 21.9. The first-order chi connectivity index (χ1) is 16.5. The van der Waals surface area contributed by atoms with Crippen molar-refractivity contribution in [2.45, 2.75) is 12.8 Å². The normalized spacial score (nSPS) is 14.5. The fourth-order valence-electron chi connectivity index (χ4n) is 4.25. The van der Waals surface area contributed by atoms with Gasteiger partial charge in [0.1, 0.15) is 6.26 Å². The Balaban J connectivity index is 1.42. The molecule has 0 saturated carbocycles. The third kappa shape index (κ3) is 4.32. The number of aromatic nitrogens is 4. The van der Waals surface area contributed by atoms with Crippen molar-refractivity contribution >= 4 is 28.2 Å². The molecule has 4 heterocycles. The van der Waals surface area contributed by atoms with E-state index in [1.165, 1.54) is 13.4 Å². The molecule has 4 aromatic rings. The van der Waals surface area contributed by atoms with E-state index >= 15 is 0 Å². The molecular formula is C24H26N6O4. The molecule has 0 bridgehead atoms. The van der Waals surface area contributed by atoms with Crippen molar-refractivity contribution < 1.29 is 19.1 Å². The Kier molecular flexibility index (Phi) is 5.89. The van der Waals surface area contributed by atoms with Crippen LogP contribution in [0.25, 0.3) is 22.4 Å². The molecule has 0 radical (unpaired) electrons. The molecule has 0 atom stereocenters. The van der Waals surface area contributed by atoms with Crippen LogP contribution in [0, 0.1) is 5.92 Å². The van der Waals surface area contributed by atoms with E-state index in [1.54, 1.807) is 23.0 Å². The molecule has 2 N–H and O–H groups in total. The number of piperidine rings is 1. The van der Waals surface area contributed by atoms with Crippen molar-refractivity contribution in [3.05, 3.63) is 48.6 Å². The summed E-state index contributed by atoms with van der Waals surface area (Å²) in [5.74, 6) is 0.680. The van der Waals surface area contributed by atoms with Gasteiger partial charge in [-0.15, -0.1) is 0 Å². The summed E-state index contributed by atoms with van der Waals surface area (Å²) >= 11 is 0. The van der Waals surface area contributed by atoms with Crippen LogP contribution in [0.1, 0.15) is 23.3 Å². The third-order valence-electron chi connectivity index (χ3n) is 6.13. The summed E-state index contributed by atoms with van der Waals surface area (Å²) in [7, 11) is 3.40. The van der Waals surface area contributed by atoms with Gasteiger partial charge >= 0.3 is 0 Å². The van der Waals surface area contributed by atoms with Gasteiger partial charge in [0.05, 0.1) is 24.0 Å². The van der Waals surface area contributed by atoms with Crippen molar-refractivity contribution in [1.29, 1.82) is 0 Å². The molecule has 0 spiro atoms. The van der Waals surface area contributed by atoms with Crippen molar-refractivity contribution in [1.82, 2.24) is 19.7 Å². The fraction of sp³-hybridized carbons (Fsp3) is 0.333. The largest absolute Gasteiger partial charge is 0.481 e. The maximum Gasteiger partial charge on any atom is 0.277 e. The van der Waals surface area contributed by atoms with Gasteiger partial charge in [-0.05, 0) is 37.0 Å². The summed E-state index contributed by atoms with van der Waals surface area (Å²) < 4.78 is 12.5. The lowest BCUT2D eigenvalue weighted by molar-refractivity contribution is 0.102. The second-order valence-corrected chi connectivity index (χ2v) is 8.42. The van der Waals surface area contributed by atoms with Crippen molar-refractivity contribution in [2.24, 2.45) is 13.0 Å². The quantitative estimate of drug-likeness (QED) is 0.449. The van der Waals surface area contributed by atoms with Gasteiger partial charge in [-0.2, -0.15) is 5.10 Å². The van der Waals surface area contributed by atoms with Crippen LogP contribution in [-0.2, 0) is 7.05 Å². The highest BCUT2D eigenvalue weighted by molar-refractivity contribution is 6.06. The van der Waals surface area contributed by atoms with E-state index in [0.717, 1.165) is 42.5 Å². The molecular weight excluding hydrogens is 436 g/mol. The van der Waals surface area contributed by atoms with Gasteiger partial charge in [0.2, 0.25) is 11.8 Å². The topological polar surface area (TPSA) is 119 Å². The van der Waals surface area contributed by atoms with E-state index in [0.29, 0.717) is 28.9 Å². The summed E-state index contributed by atoms with van der Waals surface area (Å²) in [6.45, 7) is 1.80. The van der Waals surface area contributed by atoms with Crippen LogP contribution in [0.4, 0.5) is 11.4 Å². The zero-order valence-corrected chi connectivity index (χ0v) is 19.1. The summed E-state index contributed by atoms with van der Waals surface area (Å²) in [5.41, 5.74) is 3.27. The molecule has 10 heteroatoms. The Bertz CT molecular complexity index is 1320. The number of hydrogen-bond acceptors (Lipinski definition) is 8. The number of aliphatic hydroxyl groups is 1. The van der Waals surface area contributed by atoms with Gasteiger partial charge in [0.25, 0.3) is 5.91 Å². The predicted molar refractivity (Wildman–Crippen MR) is 127 cm³/mol. The number of anilines is 2. The molecule has 176 valence electrons. The number of oxazole rings is 1. The zero-order valence-electron chi connectivity index (χ0n) is 19.1. The number of nitrogens with one attached hydrogen (secondary N) is 1. The van der Waals surface area contributed by atoms with E-state index in [4.69, 9.17) is 9.15 Å². The number of rotatable bonds is 6. The standard InChI is InChI=1S/C24H26N6O4/c1-29-12-17-9-19(21(11-18(17)28-29)30-7-4-15(13-31)5-8-30)26-23(32)20-14-34-24(27-20)16-3-6-25-22(10-16)33-2/h3,6,9-12,14-15,31H,4-5,7-8,13H2,1-2H3,(H,26,32). The average Bonchev–Trinajstić information content (AvgIpc) is 3.50. The fourth-order valence-corrected chi connectivity index (χ4v) is 4.25. The summed E-state index contributed by atoms with van der Waals surface area (Å²) in [6, 6.07) is 7.36. The summed E-state index contributed by atoms with van der Waals surface area (Å²) in [6.07, 6.45) is 6.64. The lowest BCUT2D eigenvalue weighted by Gasteiger charge is -2.34. The number of carbonyl (C=O) groups is 1. The van der Waals surface area contributed by atoms with Crippen LogP contribution in [0.3, 0.4) is 0 Å². The van der Waals surface area contributed by atoms with Crippen LogP contribution in [-0.4, -0.2) is 57.6 Å². The Labute approximate surface area is 196 Å². The molecule has 1 aromatic carbocycles. The van der Waals surface area contributed by atoms with Crippen LogP contribution >= 0.6 is 0 Å². The van der Waals surface area contributed by atoms with Crippen LogP contribution in [0.2, 0.25) is 0 Å². The van der Waals surface area contributed by atoms with E-state index < -0.39 is 0 Å². The van der Waals surface area contributed by atoms with E-state index in [2.05, 4.69) is 25.3 Å². The first-order valence-corrected chi connectivity index (χ1v) is 11.1. The number of aliphatic hydroxyl groups excluding tert-OH is 1. The minimum Gasteiger partial charge on any atom is -0.481 e. The Hall–Kier alpha value is -3.92. The number of nitrogens with zero attached hydrogens (tertiary/aromatic N) is 5. The predicted octanol–water partition coefficient (Wildman–Crippen LogP) is 3.09. The molecule has 34 heavy (non-hydrogen) atoms. The smallest absolute Gasteiger partial charge is 0.277 e. The lowest BCUT2D eigenvalue weighted by Crippen LogP contribution is -2.35. The monoisotopic (exact) mass is 462 g/mol. The van der Waals surface area contributed by atoms with Crippen molar-refractivity contribution in [3.63, 3.8) is 0 Å². The van der Waals surface area contributed by atoms with Crippen LogP contribution in [0.5, 0.6) is 5.88 Å². The Morgan fingerprint density at radius 3 is 2.88 bits per heavy atom. The molecule has 1 aliphatic rings. The van der Waals surface area contributed by atoms with E-state index in [1.807, 2.05) is 25.4 Å². The number of hydrogen-bond donors (Lipinski definition) is 2. The molecule has 1 aliphatic heterocycles. The van der Waals surface area contributed by atoms with Gasteiger partial charge in [-0.1, -0.05) is 0 Å². The van der Waals surface area contributed by atoms with Crippen LogP contribution < -0.4 is 15.0 Å². The zero-order chi connectivity index (χ0) is 23.7. The van der Waals surface area contributed by atoms with E-state index in [9.17, 15) is 9.90 Å². The second kappa shape index (κ2) is 9.14. The minimum atomic E-state index is -0.370. The number of fused-ring (bicyclic) bond motifs is 1. The number of carbonyl (C=O) groups excluding carboxylic acids is 1. The molecule has 3 aromatic heterocycles. The summed E-state index contributed by atoms with van der Waals surface area (Å²) in [4.78, 5) is 23.8. The number of methoxy groups -OCH3 is 1. The Morgan fingerprint density at radius 1 is 1.29 bits per heavy atom. The van der Waals surface area contributed by atoms with Gasteiger partial charge in [0.15, 0.2) is 5.69 Å². The average molecular weight is 463 g/mol. The maximum atomic E-state index is 13.1. The number of aryl methyl sites for hydroxylation is 1. The number of benzene rings is 1. The van der Waals surface area contributed by atoms with E-state index in [-0.39, 0.29) is 18.2 Å². The van der Waals surface area contributed by atoms with Crippen LogP contribution in [0.15, 0.2) is 47.3 Å². The Morgan fingerprint density at radius 2 is 2.12 bits per heavy atom. The maximum absolute atomic E-state index is 13.1. The highest BCUT2D eigenvalue weighted by Crippen LogP contribution is 2.34. The molecule has 10 nitrogen and oxygen atoms in total. The molecule has 1 amide bonds. The second-order valence-electron chi connectivity index (χ2n) is 8.42. The SMILES string of the molecule is COc1cc(-c2nc(C(=O)Nc3cc4cn(C)nc4cc3N3CCC(CO)CC3)co2)ccn1. The number of ether oxygens (including phenoxy) is 1.